The van der Waals surface area contributed by atoms with Crippen molar-refractivity contribution < 1.29 is 39.5 Å². The fourth-order valence-corrected chi connectivity index (χ4v) is 2.99. The molecule has 1 aromatic carbocycles. The zero-order valence-corrected chi connectivity index (χ0v) is 13.1. The molecule has 6 atom stereocenters. The van der Waals surface area contributed by atoms with Crippen LogP contribution in [0, 0.1) is 0 Å². The van der Waals surface area contributed by atoms with Crippen molar-refractivity contribution in [2.24, 2.45) is 0 Å². The second kappa shape index (κ2) is 7.06. The monoisotopic (exact) mass is 353 g/mol. The number of carbonyl (C=O) groups is 2. The van der Waals surface area contributed by atoms with Crippen LogP contribution in [0.25, 0.3) is 0 Å². The van der Waals surface area contributed by atoms with Crippen molar-refractivity contribution >= 4 is 17.6 Å². The summed E-state index contributed by atoms with van der Waals surface area (Å²) in [4.78, 5) is 24.2. The van der Waals surface area contributed by atoms with E-state index >= 15 is 0 Å². The molecule has 1 amide bonds. The molecule has 2 aliphatic rings. The number of anilines is 1. The van der Waals surface area contributed by atoms with Gasteiger partial charge in [-0.05, 0) is 11.6 Å². The molecule has 1 fully saturated rings. The lowest BCUT2D eigenvalue weighted by Crippen LogP contribution is -2.59. The molecule has 9 nitrogen and oxygen atoms in total. The third-order valence-corrected chi connectivity index (χ3v) is 4.38. The third kappa shape index (κ3) is 3.37. The number of esters is 1. The van der Waals surface area contributed by atoms with E-state index in [1.807, 2.05) is 0 Å². The zero-order chi connectivity index (χ0) is 18.1. The maximum absolute atomic E-state index is 12.2. The Morgan fingerprint density at radius 1 is 1.16 bits per heavy atom. The first-order chi connectivity index (χ1) is 11.9. The van der Waals surface area contributed by atoms with Crippen molar-refractivity contribution in [1.82, 2.24) is 0 Å². The van der Waals surface area contributed by atoms with Gasteiger partial charge in [-0.15, -0.1) is 0 Å². The van der Waals surface area contributed by atoms with E-state index in [1.54, 1.807) is 24.3 Å². The lowest BCUT2D eigenvalue weighted by molar-refractivity contribution is -0.292. The first kappa shape index (κ1) is 17.8. The molecule has 3 rings (SSSR count). The molecular formula is C16H19NO8. The van der Waals surface area contributed by atoms with E-state index in [2.05, 4.69) is 5.32 Å². The van der Waals surface area contributed by atoms with Gasteiger partial charge in [0.15, 0.2) is 0 Å². The van der Waals surface area contributed by atoms with Gasteiger partial charge in [-0.25, -0.2) is 0 Å². The van der Waals surface area contributed by atoms with Crippen LogP contribution in [-0.2, 0) is 19.1 Å². The van der Waals surface area contributed by atoms with Gasteiger partial charge in [0.05, 0.1) is 18.9 Å². The number of aliphatic hydroxyl groups is 4. The first-order valence-electron chi connectivity index (χ1n) is 7.82. The predicted octanol–water partition coefficient (Wildman–Crippen LogP) is -1.54. The maximum atomic E-state index is 12.2. The summed E-state index contributed by atoms with van der Waals surface area (Å²) in [6.07, 6.45) is -7.86. The Morgan fingerprint density at radius 2 is 1.88 bits per heavy atom. The molecule has 25 heavy (non-hydrogen) atoms. The van der Waals surface area contributed by atoms with Crippen molar-refractivity contribution in [3.8, 4) is 0 Å². The van der Waals surface area contributed by atoms with E-state index in [0.717, 1.165) is 0 Å². The van der Waals surface area contributed by atoms with E-state index in [0.29, 0.717) is 11.3 Å². The Labute approximate surface area is 142 Å². The Balaban J connectivity index is 1.66. The van der Waals surface area contributed by atoms with Gasteiger partial charge in [0.25, 0.3) is 0 Å². The molecule has 0 spiro atoms. The van der Waals surface area contributed by atoms with Gasteiger partial charge < -0.3 is 35.2 Å². The van der Waals surface area contributed by atoms with Gasteiger partial charge in [0, 0.05) is 5.69 Å². The van der Waals surface area contributed by atoms with Crippen molar-refractivity contribution in [3.05, 3.63) is 29.8 Å². The molecule has 0 aliphatic carbocycles. The largest absolute Gasteiger partial charge is 0.433 e. The fourth-order valence-electron chi connectivity index (χ4n) is 2.99. The summed E-state index contributed by atoms with van der Waals surface area (Å²) < 4.78 is 10.1. The van der Waals surface area contributed by atoms with Crippen molar-refractivity contribution in [2.75, 3.05) is 11.9 Å². The fraction of sp³-hybridized carbons (Fsp3) is 0.500. The van der Waals surface area contributed by atoms with Crippen LogP contribution in [0.4, 0.5) is 5.69 Å². The lowest BCUT2D eigenvalue weighted by Gasteiger charge is -2.39. The summed E-state index contributed by atoms with van der Waals surface area (Å²) in [5.41, 5.74) is 1.29. The number of ether oxygens (including phenoxy) is 2. The molecule has 2 heterocycles. The summed E-state index contributed by atoms with van der Waals surface area (Å²) in [6, 6.07) is 6.94. The van der Waals surface area contributed by atoms with Crippen LogP contribution in [0.3, 0.4) is 0 Å². The predicted molar refractivity (Wildman–Crippen MR) is 82.3 cm³/mol. The molecule has 1 unspecified atom stereocenters. The number of nitrogens with one attached hydrogen (secondary N) is 1. The van der Waals surface area contributed by atoms with Gasteiger partial charge in [-0.2, -0.15) is 0 Å². The molecule has 2 aliphatic heterocycles. The molecule has 1 aromatic rings. The number of rotatable bonds is 4. The van der Waals surface area contributed by atoms with Gasteiger partial charge in [-0.1, -0.05) is 18.2 Å². The number of hydrogen-bond donors (Lipinski definition) is 5. The van der Waals surface area contributed by atoms with E-state index in [1.165, 1.54) is 0 Å². The Bertz CT molecular complexity index is 663. The number of para-hydroxylation sites is 1. The van der Waals surface area contributed by atoms with Gasteiger partial charge in [-0.3, -0.25) is 9.59 Å². The minimum atomic E-state index is -1.67. The molecule has 1 saturated heterocycles. The van der Waals surface area contributed by atoms with E-state index < -0.39 is 49.2 Å². The lowest BCUT2D eigenvalue weighted by atomic mass is 9.97. The van der Waals surface area contributed by atoms with E-state index in [4.69, 9.17) is 14.6 Å². The number of benzene rings is 1. The number of aliphatic hydroxyl groups excluding tert-OH is 4. The standard InChI is InChI=1S/C16H19NO8/c18-6-10-12(20)13(21)14(22)16(24-10)25-11(19)5-8-7-3-1-2-4-9(7)17-15(8)23/h1-4,8,10,12-14,16,18,20-22H,5-6H2,(H,17,23)/t8?,10-,12-,13+,14-,16+/m1/s1. The highest BCUT2D eigenvalue weighted by Crippen LogP contribution is 2.34. The zero-order valence-electron chi connectivity index (χ0n) is 13.1. The average Bonchev–Trinajstić information content (AvgIpc) is 2.91. The summed E-state index contributed by atoms with van der Waals surface area (Å²) in [7, 11) is 0. The summed E-state index contributed by atoms with van der Waals surface area (Å²) >= 11 is 0. The van der Waals surface area contributed by atoms with Crippen molar-refractivity contribution in [1.29, 1.82) is 0 Å². The molecule has 0 saturated carbocycles. The summed E-state index contributed by atoms with van der Waals surface area (Å²) in [5.74, 6) is -1.89. The van der Waals surface area contributed by atoms with Crippen LogP contribution in [-0.4, -0.2) is 69.6 Å². The van der Waals surface area contributed by atoms with E-state index in [-0.39, 0.29) is 12.3 Å². The molecule has 0 bridgehead atoms. The van der Waals surface area contributed by atoms with Crippen LogP contribution in [0.15, 0.2) is 24.3 Å². The second-order valence-electron chi connectivity index (χ2n) is 6.02. The van der Waals surface area contributed by atoms with E-state index in [9.17, 15) is 24.9 Å². The Kier molecular flexibility index (Phi) is 5.02. The maximum Gasteiger partial charge on any atom is 0.309 e. The molecule has 136 valence electrons. The van der Waals surface area contributed by atoms with Crippen LogP contribution in [0.5, 0.6) is 0 Å². The minimum Gasteiger partial charge on any atom is -0.433 e. The highest BCUT2D eigenvalue weighted by Gasteiger charge is 2.45. The second-order valence-corrected chi connectivity index (χ2v) is 6.02. The molecule has 0 radical (unpaired) electrons. The van der Waals surface area contributed by atoms with Crippen LogP contribution in [0.1, 0.15) is 17.9 Å². The van der Waals surface area contributed by atoms with Gasteiger partial charge in [0.2, 0.25) is 12.2 Å². The minimum absolute atomic E-state index is 0.280. The van der Waals surface area contributed by atoms with Crippen LogP contribution >= 0.6 is 0 Å². The molecule has 9 heteroatoms. The molecular weight excluding hydrogens is 334 g/mol. The van der Waals surface area contributed by atoms with Gasteiger partial charge in [0.1, 0.15) is 24.4 Å². The highest BCUT2D eigenvalue weighted by molar-refractivity contribution is 6.04. The van der Waals surface area contributed by atoms with Crippen LogP contribution in [0.2, 0.25) is 0 Å². The number of hydrogen-bond acceptors (Lipinski definition) is 8. The smallest absolute Gasteiger partial charge is 0.309 e. The highest BCUT2D eigenvalue weighted by atomic mass is 16.7. The summed E-state index contributed by atoms with van der Waals surface area (Å²) in [5, 5.41) is 41.0. The van der Waals surface area contributed by atoms with Gasteiger partial charge >= 0.3 is 5.97 Å². The Hall–Kier alpha value is -2.04. The normalized spacial score (nSPS) is 34.3. The van der Waals surface area contributed by atoms with Crippen molar-refractivity contribution in [2.45, 2.75) is 43.0 Å². The SMILES string of the molecule is O=C(CC1C(=O)Nc2ccccc21)O[C@@H]1O[C@H](CO)[C@@H](O)[C@H](O)[C@H]1O. The number of fused-ring (bicyclic) bond motifs is 1. The summed E-state index contributed by atoms with van der Waals surface area (Å²) in [6.45, 7) is -0.628. The quantitative estimate of drug-likeness (QED) is 0.409. The third-order valence-electron chi connectivity index (χ3n) is 4.38. The molecule has 0 aromatic heterocycles. The number of carbonyl (C=O) groups excluding carboxylic acids is 2. The average molecular weight is 353 g/mol. The topological polar surface area (TPSA) is 146 Å². The molecule has 5 N–H and O–H groups in total. The Morgan fingerprint density at radius 3 is 2.60 bits per heavy atom. The van der Waals surface area contributed by atoms with Crippen LogP contribution < -0.4 is 5.32 Å². The number of amides is 1. The van der Waals surface area contributed by atoms with Crippen molar-refractivity contribution in [3.63, 3.8) is 0 Å². The first-order valence-corrected chi connectivity index (χ1v) is 7.82.